The number of halogens is 1. The van der Waals surface area contributed by atoms with Crippen LogP contribution in [-0.4, -0.2) is 57.6 Å². The van der Waals surface area contributed by atoms with Gasteiger partial charge < -0.3 is 15.0 Å². The molecule has 8 nitrogen and oxygen atoms in total. The van der Waals surface area contributed by atoms with Crippen LogP contribution in [0, 0.1) is 0 Å². The van der Waals surface area contributed by atoms with Crippen molar-refractivity contribution < 1.29 is 22.7 Å². The number of carbonyl (C=O) groups is 2. The van der Waals surface area contributed by atoms with E-state index < -0.39 is 16.1 Å². The van der Waals surface area contributed by atoms with Crippen LogP contribution in [0.25, 0.3) is 0 Å². The van der Waals surface area contributed by atoms with E-state index in [0.29, 0.717) is 23.0 Å². The number of nitrogens with zero attached hydrogens (tertiary/aromatic N) is 2. The Hall–Kier alpha value is -2.78. The highest BCUT2D eigenvalue weighted by Gasteiger charge is 2.26. The topological polar surface area (TPSA) is 96.0 Å². The van der Waals surface area contributed by atoms with E-state index >= 15 is 0 Å². The Balaban J connectivity index is 2.14. The number of amides is 2. The summed E-state index contributed by atoms with van der Waals surface area (Å²) in [4.78, 5) is 27.5. The predicted molar refractivity (Wildman–Crippen MR) is 144 cm³/mol. The molecule has 0 aliphatic heterocycles. The standard InChI is InChI=1S/C26H36ClN3O5S/c1-5-6-16-28-26(32)20(2)29(19-21-9-7-10-22(27)18-21)25(31)11-8-17-30(36(4,33)34)23-12-14-24(35-3)15-13-23/h7,9-10,12-15,18,20H,5-6,8,11,16-17,19H2,1-4H3,(H,28,32)/t20-/m0/s1. The van der Waals surface area contributed by atoms with E-state index in [4.69, 9.17) is 16.3 Å². The molecule has 2 amide bonds. The smallest absolute Gasteiger partial charge is 0.242 e. The van der Waals surface area contributed by atoms with Gasteiger partial charge in [0.15, 0.2) is 0 Å². The molecule has 0 unspecified atom stereocenters. The van der Waals surface area contributed by atoms with Crippen LogP contribution in [0.2, 0.25) is 5.02 Å². The lowest BCUT2D eigenvalue weighted by atomic mass is 10.1. The van der Waals surface area contributed by atoms with E-state index in [0.717, 1.165) is 24.7 Å². The molecular weight excluding hydrogens is 502 g/mol. The highest BCUT2D eigenvalue weighted by Crippen LogP contribution is 2.22. The Morgan fingerprint density at radius 2 is 1.81 bits per heavy atom. The molecule has 0 heterocycles. The molecule has 2 rings (SSSR count). The summed E-state index contributed by atoms with van der Waals surface area (Å²) in [5.41, 5.74) is 1.30. The zero-order chi connectivity index (χ0) is 26.7. The van der Waals surface area contributed by atoms with E-state index in [1.807, 2.05) is 13.0 Å². The maximum Gasteiger partial charge on any atom is 0.242 e. The van der Waals surface area contributed by atoms with Gasteiger partial charge >= 0.3 is 0 Å². The second-order valence-corrected chi connectivity index (χ2v) is 11.0. The van der Waals surface area contributed by atoms with Crippen molar-refractivity contribution in [1.29, 1.82) is 0 Å². The number of hydrogen-bond acceptors (Lipinski definition) is 5. The molecule has 1 atom stereocenters. The molecule has 0 saturated heterocycles. The number of rotatable bonds is 14. The molecule has 198 valence electrons. The molecule has 1 N–H and O–H groups in total. The first-order chi connectivity index (χ1) is 17.1. The lowest BCUT2D eigenvalue weighted by Crippen LogP contribution is -2.48. The number of unbranched alkanes of at least 4 members (excludes halogenated alkanes) is 1. The second kappa shape index (κ2) is 14.1. The van der Waals surface area contributed by atoms with Gasteiger partial charge in [0, 0.05) is 31.1 Å². The maximum absolute atomic E-state index is 13.3. The van der Waals surface area contributed by atoms with Crippen molar-refractivity contribution in [2.24, 2.45) is 0 Å². The van der Waals surface area contributed by atoms with Gasteiger partial charge in [-0.3, -0.25) is 13.9 Å². The third-order valence-electron chi connectivity index (χ3n) is 5.75. The first kappa shape index (κ1) is 29.5. The molecule has 0 aromatic heterocycles. The van der Waals surface area contributed by atoms with Crippen molar-refractivity contribution in [3.63, 3.8) is 0 Å². The van der Waals surface area contributed by atoms with Crippen molar-refractivity contribution in [2.45, 2.75) is 52.1 Å². The molecule has 0 saturated carbocycles. The molecular formula is C26H36ClN3O5S. The van der Waals surface area contributed by atoms with E-state index in [2.05, 4.69) is 5.32 Å². The summed E-state index contributed by atoms with van der Waals surface area (Å²) in [6.07, 6.45) is 3.30. The minimum Gasteiger partial charge on any atom is -0.497 e. The predicted octanol–water partition coefficient (Wildman–Crippen LogP) is 4.23. The molecule has 0 fully saturated rings. The molecule has 0 bridgehead atoms. The number of hydrogen-bond donors (Lipinski definition) is 1. The Bertz CT molecular complexity index is 1110. The molecule has 0 aliphatic rings. The van der Waals surface area contributed by atoms with Gasteiger partial charge in [0.25, 0.3) is 0 Å². The van der Waals surface area contributed by atoms with Crippen LogP contribution < -0.4 is 14.4 Å². The third-order valence-corrected chi connectivity index (χ3v) is 7.18. The van der Waals surface area contributed by atoms with Gasteiger partial charge in [0.05, 0.1) is 19.1 Å². The molecule has 0 radical (unpaired) electrons. The number of benzene rings is 2. The number of methoxy groups -OCH3 is 1. The number of ether oxygens (including phenoxy) is 1. The van der Waals surface area contributed by atoms with Gasteiger partial charge in [-0.25, -0.2) is 8.42 Å². The van der Waals surface area contributed by atoms with Crippen LogP contribution >= 0.6 is 11.6 Å². The number of carbonyl (C=O) groups excluding carboxylic acids is 2. The highest BCUT2D eigenvalue weighted by molar-refractivity contribution is 7.92. The first-order valence-electron chi connectivity index (χ1n) is 12.0. The molecule has 2 aromatic carbocycles. The van der Waals surface area contributed by atoms with Gasteiger partial charge in [-0.2, -0.15) is 0 Å². The van der Waals surface area contributed by atoms with Crippen LogP contribution in [0.1, 0.15) is 45.1 Å². The summed E-state index contributed by atoms with van der Waals surface area (Å²) < 4.78 is 31.3. The van der Waals surface area contributed by atoms with Crippen LogP contribution in [0.5, 0.6) is 5.75 Å². The summed E-state index contributed by atoms with van der Waals surface area (Å²) in [5.74, 6) is 0.149. The maximum atomic E-state index is 13.3. The Kier molecular flexibility index (Phi) is 11.5. The molecule has 36 heavy (non-hydrogen) atoms. The van der Waals surface area contributed by atoms with Gasteiger partial charge in [-0.1, -0.05) is 37.1 Å². The van der Waals surface area contributed by atoms with Crippen molar-refractivity contribution in [3.05, 3.63) is 59.1 Å². The number of sulfonamides is 1. The van der Waals surface area contributed by atoms with Crippen molar-refractivity contribution >= 4 is 39.1 Å². The fourth-order valence-electron chi connectivity index (χ4n) is 3.70. The normalized spacial score (nSPS) is 12.0. The summed E-state index contributed by atoms with van der Waals surface area (Å²) in [6, 6.07) is 13.2. The van der Waals surface area contributed by atoms with Crippen LogP contribution in [-0.2, 0) is 26.2 Å². The molecule has 2 aromatic rings. The minimum atomic E-state index is -3.56. The fraction of sp³-hybridized carbons (Fsp3) is 0.462. The summed E-state index contributed by atoms with van der Waals surface area (Å²) in [7, 11) is -2.03. The zero-order valence-electron chi connectivity index (χ0n) is 21.4. The van der Waals surface area contributed by atoms with E-state index in [1.54, 1.807) is 49.4 Å². The summed E-state index contributed by atoms with van der Waals surface area (Å²) >= 11 is 6.12. The Labute approximate surface area is 219 Å². The minimum absolute atomic E-state index is 0.0787. The molecule has 10 heteroatoms. The first-order valence-corrected chi connectivity index (χ1v) is 14.2. The number of anilines is 1. The summed E-state index contributed by atoms with van der Waals surface area (Å²) in [6.45, 7) is 4.62. The van der Waals surface area contributed by atoms with Crippen molar-refractivity contribution in [1.82, 2.24) is 10.2 Å². The lowest BCUT2D eigenvalue weighted by Gasteiger charge is -2.29. The molecule has 0 aliphatic carbocycles. The fourth-order valence-corrected chi connectivity index (χ4v) is 4.88. The van der Waals surface area contributed by atoms with E-state index in [-0.39, 0.29) is 37.7 Å². The van der Waals surface area contributed by atoms with Crippen molar-refractivity contribution in [2.75, 3.05) is 30.8 Å². The average molecular weight is 538 g/mol. The summed E-state index contributed by atoms with van der Waals surface area (Å²) in [5, 5.41) is 3.43. The third kappa shape index (κ3) is 9.02. The molecule has 0 spiro atoms. The van der Waals surface area contributed by atoms with E-state index in [1.165, 1.54) is 16.3 Å². The van der Waals surface area contributed by atoms with Crippen LogP contribution in [0.4, 0.5) is 5.69 Å². The Morgan fingerprint density at radius 3 is 2.39 bits per heavy atom. The average Bonchev–Trinajstić information content (AvgIpc) is 2.84. The second-order valence-electron chi connectivity index (χ2n) is 8.61. The van der Waals surface area contributed by atoms with Gasteiger partial charge in [-0.05, 0) is 61.7 Å². The van der Waals surface area contributed by atoms with Crippen LogP contribution in [0.3, 0.4) is 0 Å². The number of nitrogens with one attached hydrogen (secondary N) is 1. The van der Waals surface area contributed by atoms with Crippen LogP contribution in [0.15, 0.2) is 48.5 Å². The van der Waals surface area contributed by atoms with Crippen molar-refractivity contribution in [3.8, 4) is 5.75 Å². The lowest BCUT2D eigenvalue weighted by molar-refractivity contribution is -0.140. The Morgan fingerprint density at radius 1 is 1.11 bits per heavy atom. The van der Waals surface area contributed by atoms with Gasteiger partial charge in [0.1, 0.15) is 11.8 Å². The highest BCUT2D eigenvalue weighted by atomic mass is 35.5. The monoisotopic (exact) mass is 537 g/mol. The largest absolute Gasteiger partial charge is 0.497 e. The zero-order valence-corrected chi connectivity index (χ0v) is 22.9. The van der Waals surface area contributed by atoms with Gasteiger partial charge in [-0.15, -0.1) is 0 Å². The quantitative estimate of drug-likeness (QED) is 0.364. The van der Waals surface area contributed by atoms with Gasteiger partial charge in [0.2, 0.25) is 21.8 Å². The van der Waals surface area contributed by atoms with E-state index in [9.17, 15) is 18.0 Å². The SMILES string of the molecule is CCCCNC(=O)[C@H](C)N(Cc1cccc(Cl)c1)C(=O)CCCN(c1ccc(OC)cc1)S(C)(=O)=O.